The number of hydrogen-bond acceptors (Lipinski definition) is 3. The van der Waals surface area contributed by atoms with Crippen LogP contribution in [-0.4, -0.2) is 9.13 Å². The van der Waals surface area contributed by atoms with Crippen LogP contribution in [0, 0.1) is 34.0 Å². The third-order valence-corrected chi connectivity index (χ3v) is 9.64. The van der Waals surface area contributed by atoms with Crippen molar-refractivity contribution in [3.05, 3.63) is 168 Å². The lowest BCUT2D eigenvalue weighted by molar-refractivity contribution is 1.18. The van der Waals surface area contributed by atoms with Gasteiger partial charge in [-0.15, -0.1) is 0 Å². The zero-order valence-corrected chi connectivity index (χ0v) is 26.7. The number of hydrogen-bond donors (Lipinski definition) is 0. The molecule has 0 saturated carbocycles. The predicted octanol–water partition coefficient (Wildman–Crippen LogP) is 10.8. The SMILES string of the molecule is N#Cc1ccc2c(c1)c1cc(C#N)ccc1n2-c1ccc(-c2ccc(-c3c(C#N)cccc3-n3c4ccccc4c4ccccc43)cc2)cc1. The molecule has 9 aromatic rings. The van der Waals surface area contributed by atoms with Gasteiger partial charge in [-0.2, -0.15) is 15.8 Å². The van der Waals surface area contributed by atoms with Gasteiger partial charge in [0.05, 0.1) is 62.7 Å². The summed E-state index contributed by atoms with van der Waals surface area (Å²) in [5.41, 5.74) is 11.9. The second-order valence-corrected chi connectivity index (χ2v) is 12.3. The molecular weight excluding hydrogens is 611 g/mol. The fraction of sp³-hybridized carbons (Fsp3) is 0. The van der Waals surface area contributed by atoms with Crippen molar-refractivity contribution in [1.82, 2.24) is 9.13 Å². The van der Waals surface area contributed by atoms with Gasteiger partial charge in [-0.1, -0.05) is 78.9 Å². The van der Waals surface area contributed by atoms with E-state index in [1.54, 1.807) is 0 Å². The van der Waals surface area contributed by atoms with E-state index in [0.717, 1.165) is 66.5 Å². The van der Waals surface area contributed by atoms with Crippen molar-refractivity contribution in [3.8, 4) is 51.8 Å². The highest BCUT2D eigenvalue weighted by Crippen LogP contribution is 2.39. The van der Waals surface area contributed by atoms with Crippen LogP contribution in [0.1, 0.15) is 16.7 Å². The van der Waals surface area contributed by atoms with E-state index in [4.69, 9.17) is 0 Å². The third-order valence-electron chi connectivity index (χ3n) is 9.64. The van der Waals surface area contributed by atoms with Gasteiger partial charge in [0.2, 0.25) is 0 Å². The highest BCUT2D eigenvalue weighted by molar-refractivity contribution is 6.11. The number of para-hydroxylation sites is 2. The van der Waals surface area contributed by atoms with E-state index in [0.29, 0.717) is 16.7 Å². The summed E-state index contributed by atoms with van der Waals surface area (Å²) in [6.45, 7) is 0. The van der Waals surface area contributed by atoms with Gasteiger partial charge < -0.3 is 9.13 Å². The Hall–Kier alpha value is -7.39. The Labute approximate surface area is 287 Å². The molecule has 0 aliphatic carbocycles. The molecule has 7 aromatic carbocycles. The molecule has 0 aliphatic rings. The van der Waals surface area contributed by atoms with Gasteiger partial charge in [0, 0.05) is 32.8 Å². The molecule has 0 aliphatic heterocycles. The predicted molar refractivity (Wildman–Crippen MR) is 200 cm³/mol. The van der Waals surface area contributed by atoms with Crippen molar-refractivity contribution in [2.75, 3.05) is 0 Å². The van der Waals surface area contributed by atoms with E-state index in [9.17, 15) is 15.8 Å². The standard InChI is InChI=1S/C45H25N5/c46-26-29-12-22-42-38(24-29)39-25-30(27-47)13-23-43(39)49(42)35-20-18-32(19-21-35)31-14-16-33(17-15-31)45-34(28-48)6-5-11-44(45)50-40-9-3-1-7-36(40)37-8-2-4-10-41(37)50/h1-25H. The second-order valence-electron chi connectivity index (χ2n) is 12.3. The average Bonchev–Trinajstić information content (AvgIpc) is 3.69. The van der Waals surface area contributed by atoms with Gasteiger partial charge in [0.25, 0.3) is 0 Å². The normalized spacial score (nSPS) is 11.1. The van der Waals surface area contributed by atoms with Crippen molar-refractivity contribution < 1.29 is 0 Å². The number of benzene rings is 7. The summed E-state index contributed by atoms with van der Waals surface area (Å²) in [5, 5.41) is 33.6. The zero-order chi connectivity index (χ0) is 33.8. The number of nitriles is 3. The molecule has 50 heavy (non-hydrogen) atoms. The molecule has 2 aromatic heterocycles. The summed E-state index contributed by atoms with van der Waals surface area (Å²) in [6, 6.07) is 57.9. The van der Waals surface area contributed by atoms with Crippen molar-refractivity contribution in [3.63, 3.8) is 0 Å². The highest BCUT2D eigenvalue weighted by Gasteiger charge is 2.18. The molecule has 0 spiro atoms. The number of aromatic nitrogens is 2. The van der Waals surface area contributed by atoms with E-state index in [-0.39, 0.29) is 0 Å². The van der Waals surface area contributed by atoms with Crippen LogP contribution in [0.4, 0.5) is 0 Å². The number of nitrogens with zero attached hydrogens (tertiary/aromatic N) is 5. The summed E-state index contributed by atoms with van der Waals surface area (Å²) >= 11 is 0. The fourth-order valence-electron chi connectivity index (χ4n) is 7.38. The Balaban J connectivity index is 1.12. The van der Waals surface area contributed by atoms with Crippen LogP contribution < -0.4 is 0 Å². The number of rotatable bonds is 4. The van der Waals surface area contributed by atoms with Gasteiger partial charge >= 0.3 is 0 Å². The van der Waals surface area contributed by atoms with Gasteiger partial charge in [-0.05, 0) is 89.5 Å². The third kappa shape index (κ3) is 4.38. The van der Waals surface area contributed by atoms with E-state index in [1.165, 1.54) is 10.8 Å². The summed E-state index contributed by atoms with van der Waals surface area (Å²) in [6.07, 6.45) is 0. The molecule has 0 N–H and O–H groups in total. The molecule has 230 valence electrons. The molecule has 0 saturated heterocycles. The molecule has 0 amide bonds. The van der Waals surface area contributed by atoms with Gasteiger partial charge in [0.15, 0.2) is 0 Å². The Morgan fingerprint density at radius 2 is 0.880 bits per heavy atom. The first-order chi connectivity index (χ1) is 24.7. The largest absolute Gasteiger partial charge is 0.309 e. The van der Waals surface area contributed by atoms with Crippen molar-refractivity contribution >= 4 is 43.6 Å². The molecule has 5 nitrogen and oxygen atoms in total. The lowest BCUT2D eigenvalue weighted by atomic mass is 9.95. The summed E-state index contributed by atoms with van der Waals surface area (Å²) < 4.78 is 4.44. The minimum Gasteiger partial charge on any atom is -0.309 e. The van der Waals surface area contributed by atoms with Crippen LogP contribution in [0.2, 0.25) is 0 Å². The molecule has 5 heteroatoms. The minimum atomic E-state index is 0.581. The van der Waals surface area contributed by atoms with E-state index in [2.05, 4.69) is 130 Å². The molecule has 2 heterocycles. The lowest BCUT2D eigenvalue weighted by Gasteiger charge is -2.16. The van der Waals surface area contributed by atoms with E-state index >= 15 is 0 Å². The second kappa shape index (κ2) is 11.4. The van der Waals surface area contributed by atoms with Crippen molar-refractivity contribution in [2.45, 2.75) is 0 Å². The van der Waals surface area contributed by atoms with Crippen LogP contribution in [0.15, 0.2) is 152 Å². The van der Waals surface area contributed by atoms with Crippen LogP contribution in [0.5, 0.6) is 0 Å². The molecule has 0 unspecified atom stereocenters. The Kier molecular flexibility index (Phi) is 6.56. The van der Waals surface area contributed by atoms with Gasteiger partial charge in [-0.25, -0.2) is 0 Å². The summed E-state index contributed by atoms with van der Waals surface area (Å²) in [5.74, 6) is 0. The van der Waals surface area contributed by atoms with E-state index < -0.39 is 0 Å². The average molecular weight is 636 g/mol. The smallest absolute Gasteiger partial charge is 0.0998 e. The zero-order valence-electron chi connectivity index (χ0n) is 26.7. The maximum Gasteiger partial charge on any atom is 0.0998 e. The quantitative estimate of drug-likeness (QED) is 0.193. The minimum absolute atomic E-state index is 0.581. The van der Waals surface area contributed by atoms with Crippen LogP contribution >= 0.6 is 0 Å². The maximum absolute atomic E-state index is 10.3. The topological polar surface area (TPSA) is 81.2 Å². The number of fused-ring (bicyclic) bond motifs is 6. The Morgan fingerprint density at radius 1 is 0.380 bits per heavy atom. The molecule has 9 rings (SSSR count). The lowest BCUT2D eigenvalue weighted by Crippen LogP contribution is -1.99. The van der Waals surface area contributed by atoms with Gasteiger partial charge in [-0.3, -0.25) is 0 Å². The maximum atomic E-state index is 10.3. The molecular formula is C45H25N5. The molecule has 0 atom stereocenters. The molecule has 0 radical (unpaired) electrons. The Bertz CT molecular complexity index is 2810. The van der Waals surface area contributed by atoms with Gasteiger partial charge in [0.1, 0.15) is 0 Å². The molecule has 0 bridgehead atoms. The van der Waals surface area contributed by atoms with Crippen molar-refractivity contribution in [1.29, 1.82) is 15.8 Å². The van der Waals surface area contributed by atoms with Crippen LogP contribution in [0.3, 0.4) is 0 Å². The molecule has 0 fully saturated rings. The first kappa shape index (κ1) is 28.8. The monoisotopic (exact) mass is 635 g/mol. The van der Waals surface area contributed by atoms with Crippen LogP contribution in [0.25, 0.3) is 77.2 Å². The summed E-state index contributed by atoms with van der Waals surface area (Å²) in [4.78, 5) is 0. The first-order valence-electron chi connectivity index (χ1n) is 16.3. The van der Waals surface area contributed by atoms with Crippen LogP contribution in [-0.2, 0) is 0 Å². The van der Waals surface area contributed by atoms with E-state index in [1.807, 2.05) is 48.5 Å². The first-order valence-corrected chi connectivity index (χ1v) is 16.3. The summed E-state index contributed by atoms with van der Waals surface area (Å²) in [7, 11) is 0. The highest BCUT2D eigenvalue weighted by atomic mass is 15.0. The Morgan fingerprint density at radius 3 is 1.42 bits per heavy atom. The fourth-order valence-corrected chi connectivity index (χ4v) is 7.38. The van der Waals surface area contributed by atoms with Crippen molar-refractivity contribution in [2.24, 2.45) is 0 Å².